The fourth-order valence-corrected chi connectivity index (χ4v) is 1.41. The lowest BCUT2D eigenvalue weighted by Gasteiger charge is -2.17. The van der Waals surface area contributed by atoms with Gasteiger partial charge in [-0.1, -0.05) is 13.8 Å². The number of nitrogens with one attached hydrogen (secondary N) is 1. The second-order valence-corrected chi connectivity index (χ2v) is 3.61. The highest BCUT2D eigenvalue weighted by Gasteiger charge is 2.07. The van der Waals surface area contributed by atoms with Gasteiger partial charge in [0.1, 0.15) is 11.5 Å². The van der Waals surface area contributed by atoms with Gasteiger partial charge >= 0.3 is 0 Å². The molecule has 94 valence electrons. The Hall–Kier alpha value is -1.69. The smallest absolute Gasteiger partial charge is 0.271 e. The topological polar surface area (TPSA) is 84.1 Å². The van der Waals surface area contributed by atoms with Gasteiger partial charge in [0.05, 0.1) is 12.4 Å². The first-order valence-corrected chi connectivity index (χ1v) is 5.75. The van der Waals surface area contributed by atoms with E-state index in [1.807, 2.05) is 0 Å². The maximum absolute atomic E-state index is 11.6. The number of amides is 1. The lowest BCUT2D eigenvalue weighted by molar-refractivity contribution is 0.0943. The molecule has 0 bridgehead atoms. The predicted octanol–water partition coefficient (Wildman–Crippen LogP) is 0.130. The fraction of sp³-hybridized carbons (Fsp3) is 0.545. The van der Waals surface area contributed by atoms with E-state index < -0.39 is 0 Å². The highest BCUT2D eigenvalue weighted by Crippen LogP contribution is 1.95. The minimum absolute atomic E-state index is 0.218. The Morgan fingerprint density at radius 3 is 2.59 bits per heavy atom. The van der Waals surface area contributed by atoms with Crippen molar-refractivity contribution in [3.63, 3.8) is 0 Å². The van der Waals surface area contributed by atoms with Gasteiger partial charge in [-0.25, -0.2) is 9.97 Å². The molecular formula is C11H19N5O. The minimum atomic E-state index is -0.218. The van der Waals surface area contributed by atoms with Crippen molar-refractivity contribution in [2.75, 3.05) is 31.9 Å². The normalized spacial score (nSPS) is 10.5. The van der Waals surface area contributed by atoms with Crippen LogP contribution in [0.2, 0.25) is 0 Å². The Morgan fingerprint density at radius 1 is 1.35 bits per heavy atom. The van der Waals surface area contributed by atoms with Crippen LogP contribution in [-0.2, 0) is 0 Å². The van der Waals surface area contributed by atoms with E-state index >= 15 is 0 Å². The number of carbonyl (C=O) groups excluding carboxylic acids is 1. The van der Waals surface area contributed by atoms with Crippen molar-refractivity contribution in [3.8, 4) is 0 Å². The Labute approximate surface area is 101 Å². The zero-order valence-electron chi connectivity index (χ0n) is 10.3. The lowest BCUT2D eigenvalue weighted by Crippen LogP contribution is -2.35. The molecule has 3 N–H and O–H groups in total. The fourth-order valence-electron chi connectivity index (χ4n) is 1.41. The number of hydrogen-bond donors (Lipinski definition) is 2. The Balaban J connectivity index is 2.37. The van der Waals surface area contributed by atoms with Crippen LogP contribution in [0, 0.1) is 0 Å². The van der Waals surface area contributed by atoms with Gasteiger partial charge in [-0.05, 0) is 13.1 Å². The summed E-state index contributed by atoms with van der Waals surface area (Å²) in [6.07, 6.45) is 2.75. The molecule has 0 aromatic carbocycles. The average molecular weight is 237 g/mol. The van der Waals surface area contributed by atoms with Crippen molar-refractivity contribution in [1.82, 2.24) is 20.2 Å². The summed E-state index contributed by atoms with van der Waals surface area (Å²) in [5, 5.41) is 2.79. The van der Waals surface area contributed by atoms with Gasteiger partial charge in [-0.2, -0.15) is 0 Å². The summed E-state index contributed by atoms with van der Waals surface area (Å²) in [5.74, 6) is 0.0920. The second kappa shape index (κ2) is 6.80. The van der Waals surface area contributed by atoms with Crippen LogP contribution in [0.4, 0.5) is 5.82 Å². The summed E-state index contributed by atoms with van der Waals surface area (Å²) in [7, 11) is 0. The van der Waals surface area contributed by atoms with Gasteiger partial charge in [0.25, 0.3) is 5.91 Å². The zero-order chi connectivity index (χ0) is 12.7. The summed E-state index contributed by atoms with van der Waals surface area (Å²) in [5.41, 5.74) is 5.68. The molecule has 0 aliphatic heterocycles. The standard InChI is InChI=1S/C11H19N5O/c1-3-16(4-2)6-5-13-11(17)9-7-15-10(12)8-14-9/h7-8H,3-6H2,1-2H3,(H2,12,15)(H,13,17). The van der Waals surface area contributed by atoms with Crippen molar-refractivity contribution < 1.29 is 4.79 Å². The minimum Gasteiger partial charge on any atom is -0.382 e. The largest absolute Gasteiger partial charge is 0.382 e. The Kier molecular flexibility index (Phi) is 5.35. The van der Waals surface area contributed by atoms with E-state index in [4.69, 9.17) is 5.73 Å². The third-order valence-electron chi connectivity index (χ3n) is 2.51. The third kappa shape index (κ3) is 4.36. The summed E-state index contributed by atoms with van der Waals surface area (Å²) in [4.78, 5) is 21.6. The van der Waals surface area contributed by atoms with E-state index in [-0.39, 0.29) is 5.91 Å². The molecule has 0 fully saturated rings. The van der Waals surface area contributed by atoms with Crippen molar-refractivity contribution in [2.24, 2.45) is 0 Å². The molecule has 1 rings (SSSR count). The van der Waals surface area contributed by atoms with E-state index in [0.29, 0.717) is 18.1 Å². The Bertz CT molecular complexity index is 347. The van der Waals surface area contributed by atoms with E-state index in [0.717, 1.165) is 19.6 Å². The Morgan fingerprint density at radius 2 is 2.06 bits per heavy atom. The van der Waals surface area contributed by atoms with Crippen molar-refractivity contribution in [2.45, 2.75) is 13.8 Å². The second-order valence-electron chi connectivity index (χ2n) is 3.61. The monoisotopic (exact) mass is 237 g/mol. The van der Waals surface area contributed by atoms with Crippen LogP contribution in [0.5, 0.6) is 0 Å². The van der Waals surface area contributed by atoms with Crippen LogP contribution in [-0.4, -0.2) is 47.0 Å². The first kappa shape index (κ1) is 13.4. The molecule has 0 aliphatic rings. The lowest BCUT2D eigenvalue weighted by atomic mass is 10.4. The quantitative estimate of drug-likeness (QED) is 0.734. The van der Waals surface area contributed by atoms with Crippen molar-refractivity contribution >= 4 is 11.7 Å². The molecule has 0 unspecified atom stereocenters. The number of nitrogen functional groups attached to an aromatic ring is 1. The molecule has 1 aromatic heterocycles. The van der Waals surface area contributed by atoms with Gasteiger partial charge in [0.15, 0.2) is 0 Å². The summed E-state index contributed by atoms with van der Waals surface area (Å²) >= 11 is 0. The summed E-state index contributed by atoms with van der Waals surface area (Å²) in [6.45, 7) is 7.59. The molecular weight excluding hydrogens is 218 g/mol. The number of anilines is 1. The molecule has 0 atom stereocenters. The summed E-state index contributed by atoms with van der Waals surface area (Å²) < 4.78 is 0. The van der Waals surface area contributed by atoms with E-state index in [9.17, 15) is 4.79 Å². The van der Waals surface area contributed by atoms with Gasteiger partial charge in [0, 0.05) is 13.1 Å². The van der Waals surface area contributed by atoms with E-state index in [1.54, 1.807) is 0 Å². The highest BCUT2D eigenvalue weighted by atomic mass is 16.1. The molecule has 0 radical (unpaired) electrons. The number of likely N-dealkylation sites (N-methyl/N-ethyl adjacent to an activating group) is 1. The van der Waals surface area contributed by atoms with E-state index in [1.165, 1.54) is 12.4 Å². The number of hydrogen-bond acceptors (Lipinski definition) is 5. The van der Waals surface area contributed by atoms with Crippen LogP contribution in [0.1, 0.15) is 24.3 Å². The van der Waals surface area contributed by atoms with Crippen LogP contribution in [0.25, 0.3) is 0 Å². The van der Waals surface area contributed by atoms with Crippen molar-refractivity contribution in [3.05, 3.63) is 18.1 Å². The first-order chi connectivity index (χ1) is 8.17. The maximum Gasteiger partial charge on any atom is 0.271 e. The molecule has 17 heavy (non-hydrogen) atoms. The molecule has 0 spiro atoms. The molecule has 6 nitrogen and oxygen atoms in total. The summed E-state index contributed by atoms with van der Waals surface area (Å²) in [6, 6.07) is 0. The number of rotatable bonds is 6. The molecule has 1 aromatic rings. The van der Waals surface area contributed by atoms with Crippen molar-refractivity contribution in [1.29, 1.82) is 0 Å². The van der Waals surface area contributed by atoms with Gasteiger partial charge in [-0.3, -0.25) is 4.79 Å². The molecule has 1 heterocycles. The molecule has 0 saturated heterocycles. The number of aromatic nitrogens is 2. The third-order valence-corrected chi connectivity index (χ3v) is 2.51. The van der Waals surface area contributed by atoms with Gasteiger partial charge < -0.3 is 16.0 Å². The maximum atomic E-state index is 11.6. The first-order valence-electron chi connectivity index (χ1n) is 5.75. The van der Waals surface area contributed by atoms with Crippen LogP contribution in [0.3, 0.4) is 0 Å². The molecule has 1 amide bonds. The van der Waals surface area contributed by atoms with Crippen LogP contribution >= 0.6 is 0 Å². The highest BCUT2D eigenvalue weighted by molar-refractivity contribution is 5.91. The average Bonchev–Trinajstić information content (AvgIpc) is 2.35. The molecule has 6 heteroatoms. The van der Waals surface area contributed by atoms with Crippen LogP contribution < -0.4 is 11.1 Å². The van der Waals surface area contributed by atoms with Crippen LogP contribution in [0.15, 0.2) is 12.4 Å². The van der Waals surface area contributed by atoms with Gasteiger partial charge in [0.2, 0.25) is 0 Å². The predicted molar refractivity (Wildman–Crippen MR) is 66.6 cm³/mol. The molecule has 0 saturated carbocycles. The number of nitrogens with zero attached hydrogens (tertiary/aromatic N) is 3. The number of carbonyl (C=O) groups is 1. The zero-order valence-corrected chi connectivity index (χ0v) is 10.3. The SMILES string of the molecule is CCN(CC)CCNC(=O)c1cnc(N)cn1. The van der Waals surface area contributed by atoms with Gasteiger partial charge in [-0.15, -0.1) is 0 Å². The van der Waals surface area contributed by atoms with E-state index in [2.05, 4.69) is 34.0 Å². The number of nitrogens with two attached hydrogens (primary N) is 1. The molecule has 0 aliphatic carbocycles.